The zero-order valence-electron chi connectivity index (χ0n) is 9.95. The molecule has 1 aromatic carbocycles. The lowest BCUT2D eigenvalue weighted by atomic mass is 10.1. The number of hydrogen-bond donors (Lipinski definition) is 1. The number of halogens is 2. The minimum Gasteiger partial charge on any atom is -0.377 e. The van der Waals surface area contributed by atoms with Crippen LogP contribution in [0, 0.1) is 21.8 Å². The molecular formula is C12H14ClFN2O2. The van der Waals surface area contributed by atoms with E-state index in [0.717, 1.165) is 12.5 Å². The number of benzene rings is 1. The summed E-state index contributed by atoms with van der Waals surface area (Å²) in [7, 11) is 0. The Bertz CT molecular complexity index is 477. The first kappa shape index (κ1) is 13.1. The second kappa shape index (κ2) is 5.10. The van der Waals surface area contributed by atoms with Crippen LogP contribution in [0.2, 0.25) is 5.02 Å². The summed E-state index contributed by atoms with van der Waals surface area (Å²) in [4.78, 5) is 10.3. The zero-order chi connectivity index (χ0) is 13.3. The topological polar surface area (TPSA) is 55.2 Å². The quantitative estimate of drug-likeness (QED) is 0.651. The zero-order valence-corrected chi connectivity index (χ0v) is 10.7. The predicted octanol–water partition coefficient (Wildman–Crippen LogP) is 3.99. The highest BCUT2D eigenvalue weighted by Crippen LogP contribution is 2.36. The van der Waals surface area contributed by atoms with Gasteiger partial charge < -0.3 is 5.32 Å². The average Bonchev–Trinajstić information content (AvgIpc) is 3.06. The van der Waals surface area contributed by atoms with E-state index in [0.29, 0.717) is 5.92 Å². The third-order valence-electron chi connectivity index (χ3n) is 3.02. The van der Waals surface area contributed by atoms with Crippen molar-refractivity contribution < 1.29 is 9.31 Å². The van der Waals surface area contributed by atoms with Crippen LogP contribution >= 0.6 is 11.6 Å². The van der Waals surface area contributed by atoms with Crippen molar-refractivity contribution in [3.8, 4) is 0 Å². The number of rotatable bonds is 5. The van der Waals surface area contributed by atoms with Crippen molar-refractivity contribution in [1.29, 1.82) is 0 Å². The molecule has 1 unspecified atom stereocenters. The van der Waals surface area contributed by atoms with Gasteiger partial charge in [-0.1, -0.05) is 24.4 Å². The summed E-state index contributed by atoms with van der Waals surface area (Å²) < 4.78 is 13.2. The van der Waals surface area contributed by atoms with E-state index >= 15 is 0 Å². The monoisotopic (exact) mass is 272 g/mol. The van der Waals surface area contributed by atoms with Gasteiger partial charge in [-0.2, -0.15) is 0 Å². The van der Waals surface area contributed by atoms with Gasteiger partial charge in [-0.3, -0.25) is 10.1 Å². The Morgan fingerprint density at radius 2 is 2.28 bits per heavy atom. The summed E-state index contributed by atoms with van der Waals surface area (Å²) >= 11 is 5.65. The number of nitro groups is 1. The third-order valence-corrected chi connectivity index (χ3v) is 3.31. The van der Waals surface area contributed by atoms with E-state index in [1.165, 1.54) is 18.9 Å². The largest absolute Gasteiger partial charge is 0.377 e. The van der Waals surface area contributed by atoms with Crippen LogP contribution < -0.4 is 5.32 Å². The van der Waals surface area contributed by atoms with Crippen molar-refractivity contribution in [1.82, 2.24) is 0 Å². The molecule has 0 radical (unpaired) electrons. The van der Waals surface area contributed by atoms with Crippen LogP contribution in [0.1, 0.15) is 26.2 Å². The summed E-state index contributed by atoms with van der Waals surface area (Å²) in [6.07, 6.45) is 3.41. The minimum atomic E-state index is -0.774. The summed E-state index contributed by atoms with van der Waals surface area (Å²) in [5.41, 5.74) is -0.000836. The van der Waals surface area contributed by atoms with Gasteiger partial charge in [0.25, 0.3) is 5.69 Å². The van der Waals surface area contributed by atoms with Crippen LogP contribution in [0.3, 0.4) is 0 Å². The van der Waals surface area contributed by atoms with Gasteiger partial charge in [-0.15, -0.1) is 0 Å². The first-order valence-corrected chi connectivity index (χ1v) is 6.25. The van der Waals surface area contributed by atoms with Crippen molar-refractivity contribution in [3.05, 3.63) is 33.1 Å². The van der Waals surface area contributed by atoms with E-state index in [2.05, 4.69) is 5.32 Å². The molecule has 18 heavy (non-hydrogen) atoms. The molecule has 1 fully saturated rings. The average molecular weight is 273 g/mol. The van der Waals surface area contributed by atoms with Crippen molar-refractivity contribution >= 4 is 23.0 Å². The second-order valence-corrected chi connectivity index (χ2v) is 5.17. The fraction of sp³-hybridized carbons (Fsp3) is 0.500. The molecule has 1 atom stereocenters. The highest BCUT2D eigenvalue weighted by Gasteiger charge is 2.25. The van der Waals surface area contributed by atoms with Gasteiger partial charge in [0.05, 0.1) is 16.0 Å². The van der Waals surface area contributed by atoms with Gasteiger partial charge in [-0.05, 0) is 25.3 Å². The van der Waals surface area contributed by atoms with Gasteiger partial charge in [0, 0.05) is 6.04 Å². The molecule has 0 saturated heterocycles. The molecule has 0 amide bonds. The van der Waals surface area contributed by atoms with Crippen molar-refractivity contribution in [2.24, 2.45) is 5.92 Å². The Morgan fingerprint density at radius 3 is 2.83 bits per heavy atom. The maximum absolute atomic E-state index is 13.2. The van der Waals surface area contributed by atoms with Crippen LogP contribution in [0.15, 0.2) is 12.1 Å². The standard InChI is InChI=1S/C12H14ClFN2O2/c1-7(4-8-2-3-8)15-11-5-9(13)10(14)6-12(11)16(17)18/h5-8,15H,2-4H2,1H3. The minimum absolute atomic E-state index is 0.109. The molecule has 1 aliphatic carbocycles. The molecule has 1 N–H and O–H groups in total. The normalized spacial score (nSPS) is 16.4. The Hall–Kier alpha value is -1.36. The van der Waals surface area contributed by atoms with Crippen LogP contribution in [0.5, 0.6) is 0 Å². The van der Waals surface area contributed by atoms with Crippen molar-refractivity contribution in [2.75, 3.05) is 5.32 Å². The fourth-order valence-electron chi connectivity index (χ4n) is 1.98. The van der Waals surface area contributed by atoms with E-state index in [9.17, 15) is 14.5 Å². The molecule has 0 bridgehead atoms. The lowest BCUT2D eigenvalue weighted by molar-refractivity contribution is -0.384. The lowest BCUT2D eigenvalue weighted by Crippen LogP contribution is -2.16. The van der Waals surface area contributed by atoms with Gasteiger partial charge in [-0.25, -0.2) is 4.39 Å². The Balaban J connectivity index is 2.18. The number of nitrogens with zero attached hydrogens (tertiary/aromatic N) is 1. The molecule has 6 heteroatoms. The van der Waals surface area contributed by atoms with Crippen LogP contribution in [-0.4, -0.2) is 11.0 Å². The highest BCUT2D eigenvalue weighted by molar-refractivity contribution is 6.31. The smallest absolute Gasteiger partial charge is 0.295 e. The maximum Gasteiger partial charge on any atom is 0.295 e. The summed E-state index contributed by atoms with van der Waals surface area (Å²) in [5.74, 6) is -0.0637. The van der Waals surface area contributed by atoms with Gasteiger partial charge >= 0.3 is 0 Å². The SMILES string of the molecule is CC(CC1CC1)Nc1cc(Cl)c(F)cc1[N+](=O)[O-]. The Labute approximate surface area is 109 Å². The van der Waals surface area contributed by atoms with Gasteiger partial charge in [0.15, 0.2) is 0 Å². The summed E-state index contributed by atoms with van der Waals surface area (Å²) in [5, 5.41) is 13.8. The van der Waals surface area contributed by atoms with Crippen LogP contribution in [0.4, 0.5) is 15.8 Å². The van der Waals surface area contributed by atoms with Crippen LogP contribution in [-0.2, 0) is 0 Å². The van der Waals surface area contributed by atoms with Gasteiger partial charge in [0.1, 0.15) is 11.5 Å². The Morgan fingerprint density at radius 1 is 1.61 bits per heavy atom. The molecule has 98 valence electrons. The molecule has 2 rings (SSSR count). The molecule has 1 aliphatic rings. The Kier molecular flexibility index (Phi) is 3.71. The van der Waals surface area contributed by atoms with E-state index in [4.69, 9.17) is 11.6 Å². The molecule has 4 nitrogen and oxygen atoms in total. The number of anilines is 1. The molecule has 0 spiro atoms. The molecule has 1 aromatic rings. The van der Waals surface area contributed by atoms with E-state index in [1.807, 2.05) is 6.92 Å². The molecule has 0 heterocycles. The number of nitro benzene ring substituents is 1. The number of nitrogens with one attached hydrogen (secondary N) is 1. The van der Waals surface area contributed by atoms with E-state index < -0.39 is 10.7 Å². The molecule has 0 aliphatic heterocycles. The fourth-order valence-corrected chi connectivity index (χ4v) is 2.14. The highest BCUT2D eigenvalue weighted by atomic mass is 35.5. The predicted molar refractivity (Wildman–Crippen MR) is 68.5 cm³/mol. The van der Waals surface area contributed by atoms with E-state index in [1.54, 1.807) is 0 Å². The third kappa shape index (κ3) is 3.10. The maximum atomic E-state index is 13.2. The number of hydrogen-bond acceptors (Lipinski definition) is 3. The second-order valence-electron chi connectivity index (χ2n) is 4.77. The van der Waals surface area contributed by atoms with Gasteiger partial charge in [0.2, 0.25) is 0 Å². The molecule has 0 aromatic heterocycles. The first-order valence-electron chi connectivity index (χ1n) is 5.87. The molecular weight excluding hydrogens is 259 g/mol. The summed E-state index contributed by atoms with van der Waals surface area (Å²) in [6.45, 7) is 1.96. The van der Waals surface area contributed by atoms with Crippen molar-refractivity contribution in [2.45, 2.75) is 32.2 Å². The summed E-state index contributed by atoms with van der Waals surface area (Å²) in [6, 6.07) is 2.24. The van der Waals surface area contributed by atoms with Crippen LogP contribution in [0.25, 0.3) is 0 Å². The van der Waals surface area contributed by atoms with Crippen molar-refractivity contribution in [3.63, 3.8) is 0 Å². The lowest BCUT2D eigenvalue weighted by Gasteiger charge is -2.15. The molecule has 1 saturated carbocycles. The van der Waals surface area contributed by atoms with E-state index in [-0.39, 0.29) is 22.4 Å². The first-order chi connectivity index (χ1) is 8.47.